The highest BCUT2D eigenvalue weighted by Gasteiger charge is 2.30. The summed E-state index contributed by atoms with van der Waals surface area (Å²) in [6.07, 6.45) is -0.540. The molecule has 5 rings (SSSR count). The fourth-order valence-electron chi connectivity index (χ4n) is 4.72. The summed E-state index contributed by atoms with van der Waals surface area (Å²) < 4.78 is 38.5. The molecule has 182 valence electrons. The summed E-state index contributed by atoms with van der Waals surface area (Å²) in [5.74, 6) is 0.399. The molecule has 0 spiro atoms. The molecular formula is C28H27F2NO4. The zero-order valence-corrected chi connectivity index (χ0v) is 19.4. The number of nitrogens with zero attached hydrogens (tertiary/aromatic N) is 1. The molecule has 1 unspecified atom stereocenters. The number of fused-ring (bicyclic) bond motifs is 1. The lowest BCUT2D eigenvalue weighted by Gasteiger charge is -2.37. The largest absolute Gasteiger partial charge is 0.508 e. The lowest BCUT2D eigenvalue weighted by Crippen LogP contribution is -2.49. The van der Waals surface area contributed by atoms with Gasteiger partial charge in [-0.2, -0.15) is 0 Å². The second-order valence-corrected chi connectivity index (χ2v) is 9.08. The highest BCUT2D eigenvalue weighted by molar-refractivity contribution is 5.95. The van der Waals surface area contributed by atoms with E-state index in [1.807, 2.05) is 31.2 Å². The minimum atomic E-state index is -0.689. The summed E-state index contributed by atoms with van der Waals surface area (Å²) in [4.78, 5) is 2.17. The van der Waals surface area contributed by atoms with E-state index in [0.717, 1.165) is 41.9 Å². The van der Waals surface area contributed by atoms with Crippen LogP contribution >= 0.6 is 0 Å². The third kappa shape index (κ3) is 4.68. The Balaban J connectivity index is 1.40. The molecule has 1 atom stereocenters. The third-order valence-electron chi connectivity index (χ3n) is 6.65. The molecule has 2 N–H and O–H groups in total. The summed E-state index contributed by atoms with van der Waals surface area (Å²) in [6.45, 7) is 4.51. The van der Waals surface area contributed by atoms with Gasteiger partial charge in [0.2, 0.25) is 0 Å². The van der Waals surface area contributed by atoms with Crippen molar-refractivity contribution in [2.75, 3.05) is 32.9 Å². The monoisotopic (exact) mass is 479 g/mol. The molecule has 3 aromatic rings. The number of ether oxygens (including phenoxy) is 2. The predicted octanol–water partition coefficient (Wildman–Crippen LogP) is 5.58. The van der Waals surface area contributed by atoms with Gasteiger partial charge < -0.3 is 19.7 Å². The summed E-state index contributed by atoms with van der Waals surface area (Å²) >= 11 is 0. The number of aromatic hydroxyl groups is 2. The first-order valence-electron chi connectivity index (χ1n) is 11.6. The van der Waals surface area contributed by atoms with Gasteiger partial charge in [0.15, 0.2) is 11.6 Å². The van der Waals surface area contributed by atoms with Gasteiger partial charge in [-0.05, 0) is 60.0 Å². The number of phenolic OH excluding ortho intramolecular Hbond substituents is 2. The molecule has 0 bridgehead atoms. The van der Waals surface area contributed by atoms with Crippen molar-refractivity contribution in [2.24, 2.45) is 5.92 Å². The zero-order valence-electron chi connectivity index (χ0n) is 19.4. The molecule has 1 saturated heterocycles. The van der Waals surface area contributed by atoms with Gasteiger partial charge in [-0.25, -0.2) is 4.39 Å². The molecule has 35 heavy (non-hydrogen) atoms. The summed E-state index contributed by atoms with van der Waals surface area (Å²) in [5, 5.41) is 20.0. The van der Waals surface area contributed by atoms with E-state index in [1.54, 1.807) is 24.3 Å². The second-order valence-electron chi connectivity index (χ2n) is 9.08. The van der Waals surface area contributed by atoms with E-state index in [1.165, 1.54) is 12.1 Å². The second kappa shape index (κ2) is 9.58. The van der Waals surface area contributed by atoms with Crippen LogP contribution in [0, 0.1) is 11.7 Å². The van der Waals surface area contributed by atoms with Gasteiger partial charge in [0, 0.05) is 42.8 Å². The van der Waals surface area contributed by atoms with E-state index in [2.05, 4.69) is 4.90 Å². The Kier molecular flexibility index (Phi) is 6.34. The molecule has 1 fully saturated rings. The van der Waals surface area contributed by atoms with Crippen LogP contribution < -0.4 is 9.47 Å². The van der Waals surface area contributed by atoms with Gasteiger partial charge in [0.25, 0.3) is 0 Å². The molecule has 2 aliphatic rings. The smallest absolute Gasteiger partial charge is 0.164 e. The van der Waals surface area contributed by atoms with Crippen LogP contribution in [0.15, 0.2) is 60.7 Å². The van der Waals surface area contributed by atoms with Crippen molar-refractivity contribution in [1.29, 1.82) is 0 Å². The van der Waals surface area contributed by atoms with E-state index < -0.39 is 17.7 Å². The number of rotatable bonds is 7. The fourth-order valence-corrected chi connectivity index (χ4v) is 4.72. The highest BCUT2D eigenvalue weighted by Crippen LogP contribution is 2.48. The van der Waals surface area contributed by atoms with Crippen LogP contribution in [-0.2, 0) is 0 Å². The number of halogens is 2. The number of phenols is 2. The van der Waals surface area contributed by atoms with Crippen molar-refractivity contribution in [3.8, 4) is 23.0 Å². The summed E-state index contributed by atoms with van der Waals surface area (Å²) in [5.41, 5.74) is 4.01. The maximum atomic E-state index is 13.8. The minimum Gasteiger partial charge on any atom is -0.508 e. The molecule has 0 aromatic heterocycles. The Morgan fingerprint density at radius 1 is 1.03 bits per heavy atom. The zero-order chi connectivity index (χ0) is 24.5. The number of likely N-dealkylation sites (tertiary alicyclic amines) is 1. The topological polar surface area (TPSA) is 62.2 Å². The number of hydrogen-bond acceptors (Lipinski definition) is 5. The van der Waals surface area contributed by atoms with Crippen LogP contribution in [0.25, 0.3) is 11.1 Å². The maximum absolute atomic E-state index is 13.8. The Morgan fingerprint density at radius 3 is 2.51 bits per heavy atom. The molecule has 2 heterocycles. The predicted molar refractivity (Wildman–Crippen MR) is 130 cm³/mol. The van der Waals surface area contributed by atoms with Crippen molar-refractivity contribution in [3.63, 3.8) is 0 Å². The van der Waals surface area contributed by atoms with Gasteiger partial charge in [-0.15, -0.1) is 0 Å². The van der Waals surface area contributed by atoms with Crippen LogP contribution in [0.3, 0.4) is 0 Å². The molecule has 7 heteroatoms. The summed E-state index contributed by atoms with van der Waals surface area (Å²) in [6, 6.07) is 16.8. The van der Waals surface area contributed by atoms with Crippen LogP contribution in [-0.4, -0.2) is 48.0 Å². The molecule has 3 aromatic carbocycles. The maximum Gasteiger partial charge on any atom is 0.164 e. The van der Waals surface area contributed by atoms with E-state index in [0.29, 0.717) is 23.7 Å². The van der Waals surface area contributed by atoms with Gasteiger partial charge in [-0.1, -0.05) is 18.2 Å². The van der Waals surface area contributed by atoms with Gasteiger partial charge >= 0.3 is 0 Å². The lowest BCUT2D eigenvalue weighted by atomic mass is 9.86. The van der Waals surface area contributed by atoms with E-state index in [4.69, 9.17) is 9.47 Å². The van der Waals surface area contributed by atoms with Crippen LogP contribution in [0.2, 0.25) is 0 Å². The molecular weight excluding hydrogens is 452 g/mol. The Labute approximate surface area is 202 Å². The molecule has 0 saturated carbocycles. The first-order valence-corrected chi connectivity index (χ1v) is 11.6. The van der Waals surface area contributed by atoms with Crippen molar-refractivity contribution >= 4 is 11.1 Å². The highest BCUT2D eigenvalue weighted by atomic mass is 19.1. The molecule has 2 aliphatic heterocycles. The van der Waals surface area contributed by atoms with Crippen molar-refractivity contribution < 1.29 is 28.5 Å². The van der Waals surface area contributed by atoms with Gasteiger partial charge in [-0.3, -0.25) is 9.29 Å². The van der Waals surface area contributed by atoms with Crippen molar-refractivity contribution in [2.45, 2.75) is 13.0 Å². The molecule has 0 amide bonds. The van der Waals surface area contributed by atoms with Crippen molar-refractivity contribution in [1.82, 2.24) is 4.90 Å². The van der Waals surface area contributed by atoms with Gasteiger partial charge in [0.05, 0.1) is 6.67 Å². The number of hydrogen-bond donors (Lipinski definition) is 2. The molecule has 0 aliphatic carbocycles. The third-order valence-corrected chi connectivity index (χ3v) is 6.65. The standard InChI is InChI=1S/C28H27F2NO4/c1-17-23-8-5-21(32)13-26(23)35-28(27(17)20-4-9-24(30)25(33)12-20)19-2-6-22(7-3-19)34-11-10-31-15-18(14-29)16-31/h2-9,12-13,18,28,32-33H,10-11,14-16H2,1H3. The van der Waals surface area contributed by atoms with Crippen LogP contribution in [0.4, 0.5) is 8.78 Å². The van der Waals surface area contributed by atoms with Gasteiger partial charge in [0.1, 0.15) is 30.0 Å². The quantitative estimate of drug-likeness (QED) is 0.463. The normalized spacial score (nSPS) is 18.1. The Bertz CT molecular complexity index is 1250. The number of allylic oxidation sites excluding steroid dienone is 1. The van der Waals surface area contributed by atoms with E-state index in [9.17, 15) is 19.0 Å². The fraction of sp³-hybridized carbons (Fsp3) is 0.286. The van der Waals surface area contributed by atoms with Crippen LogP contribution in [0.5, 0.6) is 23.0 Å². The van der Waals surface area contributed by atoms with Crippen LogP contribution in [0.1, 0.15) is 29.7 Å². The number of benzene rings is 3. The first-order chi connectivity index (χ1) is 16.9. The van der Waals surface area contributed by atoms with E-state index >= 15 is 0 Å². The SMILES string of the molecule is CC1=C(c2ccc(F)c(O)c2)C(c2ccc(OCCN3CC(CF)C3)cc2)Oc2cc(O)ccc21. The van der Waals surface area contributed by atoms with E-state index in [-0.39, 0.29) is 18.3 Å². The average molecular weight is 480 g/mol. The first kappa shape index (κ1) is 23.2. The van der Waals surface area contributed by atoms with Crippen molar-refractivity contribution in [3.05, 3.63) is 83.2 Å². The molecule has 5 nitrogen and oxygen atoms in total. The minimum absolute atomic E-state index is 0.0990. The summed E-state index contributed by atoms with van der Waals surface area (Å²) in [7, 11) is 0. The Morgan fingerprint density at radius 2 is 1.80 bits per heavy atom. The lowest BCUT2D eigenvalue weighted by molar-refractivity contribution is 0.0668. The average Bonchev–Trinajstić information content (AvgIpc) is 2.82. The number of alkyl halides is 1. The molecule has 0 radical (unpaired) electrons. The Hall–Kier alpha value is -3.58.